The van der Waals surface area contributed by atoms with Crippen LogP contribution in [0, 0.1) is 11.2 Å². The molecule has 0 fully saturated rings. The van der Waals surface area contributed by atoms with Crippen molar-refractivity contribution in [2.75, 3.05) is 24.6 Å². The number of rotatable bonds is 4. The van der Waals surface area contributed by atoms with Gasteiger partial charge in [-0.05, 0) is 36.1 Å². The van der Waals surface area contributed by atoms with Gasteiger partial charge in [-0.15, -0.1) is 0 Å². The molecule has 0 atom stereocenters. The molecule has 0 bridgehead atoms. The van der Waals surface area contributed by atoms with Crippen LogP contribution in [-0.2, 0) is 4.74 Å². The van der Waals surface area contributed by atoms with Gasteiger partial charge in [0.1, 0.15) is 5.82 Å². The lowest BCUT2D eigenvalue weighted by atomic mass is 9.93. The van der Waals surface area contributed by atoms with Gasteiger partial charge in [-0.25, -0.2) is 4.39 Å². The Bertz CT molecular complexity index is 522. The molecule has 116 valence electrons. The second-order valence-corrected chi connectivity index (χ2v) is 7.54. The summed E-state index contributed by atoms with van der Waals surface area (Å²) in [4.78, 5) is 2.04. The molecule has 0 unspecified atom stereocenters. The van der Waals surface area contributed by atoms with Gasteiger partial charge in [0.15, 0.2) is 0 Å². The Kier molecular flexibility index (Phi) is 5.31. The lowest BCUT2D eigenvalue weighted by Gasteiger charge is -2.29. The van der Waals surface area contributed by atoms with Gasteiger partial charge in [-0.2, -0.15) is 0 Å². The van der Waals surface area contributed by atoms with E-state index in [0.717, 1.165) is 36.2 Å². The van der Waals surface area contributed by atoms with Crippen LogP contribution in [0.15, 0.2) is 34.5 Å². The summed E-state index contributed by atoms with van der Waals surface area (Å²) in [6.45, 7) is 8.88. The minimum absolute atomic E-state index is 0.185. The molecule has 0 saturated heterocycles. The monoisotopic (exact) mass is 355 g/mol. The van der Waals surface area contributed by atoms with Crippen molar-refractivity contribution in [2.45, 2.75) is 33.6 Å². The summed E-state index contributed by atoms with van der Waals surface area (Å²) in [6.07, 6.45) is 3.93. The Morgan fingerprint density at radius 2 is 2.10 bits per heavy atom. The highest BCUT2D eigenvalue weighted by atomic mass is 79.9. The molecular formula is C17H23BrFNO. The fourth-order valence-corrected chi connectivity index (χ4v) is 2.56. The van der Waals surface area contributed by atoms with Crippen LogP contribution in [0.25, 0.3) is 0 Å². The molecule has 4 heteroatoms. The molecular weight excluding hydrogens is 333 g/mol. The lowest BCUT2D eigenvalue weighted by Crippen LogP contribution is -2.30. The van der Waals surface area contributed by atoms with Crippen molar-refractivity contribution >= 4 is 21.6 Å². The van der Waals surface area contributed by atoms with Crippen molar-refractivity contribution in [2.24, 2.45) is 5.41 Å². The Morgan fingerprint density at radius 3 is 2.67 bits per heavy atom. The van der Waals surface area contributed by atoms with Gasteiger partial charge in [0.2, 0.25) is 0 Å². The molecule has 2 rings (SSSR count). The third-order valence-corrected chi connectivity index (χ3v) is 4.05. The normalized spacial score (nSPS) is 15.9. The number of benzene rings is 1. The average Bonchev–Trinajstić information content (AvgIpc) is 2.38. The zero-order valence-corrected chi connectivity index (χ0v) is 14.5. The molecule has 1 aromatic rings. The van der Waals surface area contributed by atoms with Crippen LogP contribution in [0.2, 0.25) is 0 Å². The largest absolute Gasteiger partial charge is 0.498 e. The summed E-state index contributed by atoms with van der Waals surface area (Å²) >= 11 is 3.28. The first-order valence-electron chi connectivity index (χ1n) is 7.37. The third-order valence-electron chi connectivity index (χ3n) is 3.56. The minimum atomic E-state index is -0.185. The van der Waals surface area contributed by atoms with E-state index in [1.165, 1.54) is 6.07 Å². The van der Waals surface area contributed by atoms with Gasteiger partial charge in [-0.1, -0.05) is 36.7 Å². The van der Waals surface area contributed by atoms with Crippen LogP contribution < -0.4 is 4.90 Å². The second-order valence-electron chi connectivity index (χ2n) is 6.62. The number of nitrogens with zero attached hydrogens (tertiary/aromatic N) is 1. The molecule has 0 radical (unpaired) electrons. The van der Waals surface area contributed by atoms with E-state index in [1.807, 2.05) is 17.0 Å². The molecule has 0 aromatic heterocycles. The number of ether oxygens (including phenoxy) is 1. The Balaban J connectivity index is 1.89. The van der Waals surface area contributed by atoms with E-state index in [0.29, 0.717) is 17.6 Å². The first-order chi connectivity index (χ1) is 9.85. The SMILES string of the molecule is CC(C)(C)CCOC1=CCN(c2ccc(Br)cc2F)CC1. The molecule has 1 heterocycles. The lowest BCUT2D eigenvalue weighted by molar-refractivity contribution is 0.161. The van der Waals surface area contributed by atoms with E-state index in [9.17, 15) is 4.39 Å². The van der Waals surface area contributed by atoms with Crippen LogP contribution in [0.5, 0.6) is 0 Å². The molecule has 0 saturated carbocycles. The van der Waals surface area contributed by atoms with E-state index in [1.54, 1.807) is 0 Å². The summed E-state index contributed by atoms with van der Waals surface area (Å²) in [5.41, 5.74) is 0.949. The van der Waals surface area contributed by atoms with Crippen molar-refractivity contribution < 1.29 is 9.13 Å². The number of anilines is 1. The molecule has 2 nitrogen and oxygen atoms in total. The molecule has 0 amide bonds. The van der Waals surface area contributed by atoms with Gasteiger partial charge < -0.3 is 9.64 Å². The highest BCUT2D eigenvalue weighted by molar-refractivity contribution is 9.10. The molecule has 1 aromatic carbocycles. The third kappa shape index (κ3) is 5.03. The zero-order chi connectivity index (χ0) is 15.5. The molecule has 21 heavy (non-hydrogen) atoms. The van der Waals surface area contributed by atoms with Crippen LogP contribution >= 0.6 is 15.9 Å². The standard InChI is InChI=1S/C17H23BrFNO/c1-17(2,3)8-11-21-14-6-9-20(10-7-14)16-5-4-13(18)12-15(16)19/h4-6,12H,7-11H2,1-3H3. The first-order valence-corrected chi connectivity index (χ1v) is 8.16. The molecule has 0 N–H and O–H groups in total. The van der Waals surface area contributed by atoms with Gasteiger partial charge >= 0.3 is 0 Å². The fourth-order valence-electron chi connectivity index (χ4n) is 2.23. The predicted molar refractivity (Wildman–Crippen MR) is 89.0 cm³/mol. The van der Waals surface area contributed by atoms with Crippen molar-refractivity contribution in [3.8, 4) is 0 Å². The van der Waals surface area contributed by atoms with Crippen molar-refractivity contribution in [3.05, 3.63) is 40.3 Å². The van der Waals surface area contributed by atoms with Crippen molar-refractivity contribution in [1.29, 1.82) is 0 Å². The number of hydrogen-bond acceptors (Lipinski definition) is 2. The van der Waals surface area contributed by atoms with E-state index < -0.39 is 0 Å². The fraction of sp³-hybridized carbons (Fsp3) is 0.529. The minimum Gasteiger partial charge on any atom is -0.498 e. The van der Waals surface area contributed by atoms with Gasteiger partial charge in [0.05, 0.1) is 18.1 Å². The van der Waals surface area contributed by atoms with E-state index in [-0.39, 0.29) is 5.82 Å². The van der Waals surface area contributed by atoms with Crippen molar-refractivity contribution in [3.63, 3.8) is 0 Å². The first kappa shape index (κ1) is 16.3. The highest BCUT2D eigenvalue weighted by Crippen LogP contribution is 2.26. The van der Waals surface area contributed by atoms with E-state index >= 15 is 0 Å². The average molecular weight is 356 g/mol. The van der Waals surface area contributed by atoms with Crippen LogP contribution in [-0.4, -0.2) is 19.7 Å². The van der Waals surface area contributed by atoms with Crippen LogP contribution in [0.3, 0.4) is 0 Å². The van der Waals surface area contributed by atoms with Crippen LogP contribution in [0.4, 0.5) is 10.1 Å². The van der Waals surface area contributed by atoms with E-state index in [2.05, 4.69) is 42.8 Å². The zero-order valence-electron chi connectivity index (χ0n) is 13.0. The predicted octanol–water partition coefficient (Wildman–Crippen LogP) is 5.14. The molecule has 0 spiro atoms. The quantitative estimate of drug-likeness (QED) is 0.741. The summed E-state index contributed by atoms with van der Waals surface area (Å²) in [5, 5.41) is 0. The molecule has 1 aliphatic rings. The summed E-state index contributed by atoms with van der Waals surface area (Å²) < 4.78 is 20.5. The maximum atomic E-state index is 13.9. The summed E-state index contributed by atoms with van der Waals surface area (Å²) in [5.74, 6) is 0.850. The van der Waals surface area contributed by atoms with Gasteiger partial charge in [-0.3, -0.25) is 0 Å². The smallest absolute Gasteiger partial charge is 0.147 e. The summed E-state index contributed by atoms with van der Waals surface area (Å²) in [7, 11) is 0. The Hall–Kier alpha value is -1.03. The maximum Gasteiger partial charge on any atom is 0.147 e. The highest BCUT2D eigenvalue weighted by Gasteiger charge is 2.17. The van der Waals surface area contributed by atoms with Crippen molar-refractivity contribution in [1.82, 2.24) is 0 Å². The number of hydrogen-bond donors (Lipinski definition) is 0. The molecule has 0 aliphatic carbocycles. The Morgan fingerprint density at radius 1 is 1.33 bits per heavy atom. The van der Waals surface area contributed by atoms with Crippen LogP contribution in [0.1, 0.15) is 33.6 Å². The van der Waals surface area contributed by atoms with Gasteiger partial charge in [0, 0.05) is 24.0 Å². The maximum absolute atomic E-state index is 13.9. The summed E-state index contributed by atoms with van der Waals surface area (Å²) in [6, 6.07) is 5.20. The van der Waals surface area contributed by atoms with E-state index in [4.69, 9.17) is 4.74 Å². The topological polar surface area (TPSA) is 12.5 Å². The number of halogens is 2. The second kappa shape index (κ2) is 6.82. The molecule has 1 aliphatic heterocycles. The van der Waals surface area contributed by atoms with Gasteiger partial charge in [0.25, 0.3) is 0 Å². The Labute approximate surface area is 135 Å².